The molecule has 9 heteroatoms. The number of rotatable bonds is 8. The molecular weight excluding hydrogens is 470 g/mol. The zero-order valence-electron chi connectivity index (χ0n) is 19.1. The number of anilines is 1. The van der Waals surface area contributed by atoms with E-state index in [1.54, 1.807) is 31.2 Å². The highest BCUT2D eigenvalue weighted by Gasteiger charge is 2.29. The first-order valence-electron chi connectivity index (χ1n) is 10.9. The maximum Gasteiger partial charge on any atom is 0.280 e. The Morgan fingerprint density at radius 1 is 1.06 bits per heavy atom. The highest BCUT2D eigenvalue weighted by atomic mass is 35.5. The first-order chi connectivity index (χ1) is 16.9. The van der Waals surface area contributed by atoms with Crippen LogP contribution < -0.4 is 14.5 Å². The van der Waals surface area contributed by atoms with Gasteiger partial charge in [0.15, 0.2) is 11.5 Å². The predicted molar refractivity (Wildman–Crippen MR) is 135 cm³/mol. The van der Waals surface area contributed by atoms with E-state index < -0.39 is 4.92 Å². The molecule has 0 saturated heterocycles. The van der Waals surface area contributed by atoms with Gasteiger partial charge in [-0.3, -0.25) is 14.9 Å². The molecule has 1 heterocycles. The Kier molecular flexibility index (Phi) is 7.12. The van der Waals surface area contributed by atoms with Crippen LogP contribution in [-0.2, 0) is 11.4 Å². The van der Waals surface area contributed by atoms with Gasteiger partial charge in [0, 0.05) is 22.7 Å². The third-order valence-corrected chi connectivity index (χ3v) is 5.66. The van der Waals surface area contributed by atoms with E-state index in [9.17, 15) is 14.9 Å². The number of nitrogens with zero attached hydrogens (tertiary/aromatic N) is 3. The van der Waals surface area contributed by atoms with E-state index in [4.69, 9.17) is 21.1 Å². The number of ether oxygens (including phenoxy) is 2. The number of benzene rings is 3. The number of non-ortho nitro benzene ring substituents is 1. The van der Waals surface area contributed by atoms with Crippen molar-refractivity contribution in [2.75, 3.05) is 11.6 Å². The van der Waals surface area contributed by atoms with Crippen LogP contribution in [0.5, 0.6) is 11.5 Å². The Hall–Kier alpha value is -4.17. The van der Waals surface area contributed by atoms with E-state index in [0.29, 0.717) is 40.1 Å². The molecule has 3 aromatic rings. The first kappa shape index (κ1) is 24.0. The minimum atomic E-state index is -0.493. The summed E-state index contributed by atoms with van der Waals surface area (Å²) in [5.41, 5.74) is 2.93. The SMILES string of the molecule is CCOc1cc(/C=C2/C(=O)N(c3ccc([N+](=O)[O-])cc3)N=C2C)ccc1OCc1ccccc1Cl. The van der Waals surface area contributed by atoms with Gasteiger partial charge in [-0.2, -0.15) is 10.1 Å². The average molecular weight is 492 g/mol. The number of halogens is 1. The number of nitro groups is 1. The third-order valence-electron chi connectivity index (χ3n) is 5.29. The topological polar surface area (TPSA) is 94.3 Å². The van der Waals surface area contributed by atoms with Crippen molar-refractivity contribution in [3.63, 3.8) is 0 Å². The van der Waals surface area contributed by atoms with Crippen molar-refractivity contribution in [3.05, 3.63) is 98.6 Å². The summed E-state index contributed by atoms with van der Waals surface area (Å²) in [6.07, 6.45) is 1.73. The molecule has 0 aromatic heterocycles. The molecule has 0 N–H and O–H groups in total. The lowest BCUT2D eigenvalue weighted by molar-refractivity contribution is -0.384. The van der Waals surface area contributed by atoms with Gasteiger partial charge in [0.2, 0.25) is 0 Å². The number of amides is 1. The molecule has 1 aliphatic heterocycles. The van der Waals surface area contributed by atoms with Gasteiger partial charge in [-0.05, 0) is 55.8 Å². The predicted octanol–water partition coefficient (Wildman–Crippen LogP) is 6.03. The summed E-state index contributed by atoms with van der Waals surface area (Å²) in [6.45, 7) is 4.34. The van der Waals surface area contributed by atoms with Crippen molar-refractivity contribution >= 4 is 40.7 Å². The molecule has 1 amide bonds. The van der Waals surface area contributed by atoms with Crippen LogP contribution in [0.3, 0.4) is 0 Å². The van der Waals surface area contributed by atoms with Crippen molar-refractivity contribution in [2.24, 2.45) is 5.10 Å². The van der Waals surface area contributed by atoms with Gasteiger partial charge in [0.1, 0.15) is 6.61 Å². The fraction of sp³-hybridized carbons (Fsp3) is 0.154. The quantitative estimate of drug-likeness (QED) is 0.218. The summed E-state index contributed by atoms with van der Waals surface area (Å²) in [4.78, 5) is 23.5. The average Bonchev–Trinajstić information content (AvgIpc) is 3.13. The van der Waals surface area contributed by atoms with E-state index in [1.165, 1.54) is 29.3 Å². The number of hydrogen-bond acceptors (Lipinski definition) is 6. The summed E-state index contributed by atoms with van der Waals surface area (Å²) < 4.78 is 11.7. The fourth-order valence-corrected chi connectivity index (χ4v) is 3.70. The molecule has 0 atom stereocenters. The van der Waals surface area contributed by atoms with Gasteiger partial charge in [0.05, 0.1) is 28.5 Å². The van der Waals surface area contributed by atoms with Crippen molar-refractivity contribution in [3.8, 4) is 11.5 Å². The standard InChI is InChI=1S/C26H22ClN3O5/c1-3-34-25-15-18(8-13-24(25)35-16-19-6-4-5-7-23(19)27)14-22-17(2)28-29(26(22)31)20-9-11-21(12-10-20)30(32)33/h4-15H,3,16H2,1-2H3/b22-14+. The van der Waals surface area contributed by atoms with E-state index in [0.717, 1.165) is 11.1 Å². The molecule has 8 nitrogen and oxygen atoms in total. The summed E-state index contributed by atoms with van der Waals surface area (Å²) in [5, 5.41) is 17.1. The fourth-order valence-electron chi connectivity index (χ4n) is 3.51. The van der Waals surface area contributed by atoms with Crippen LogP contribution in [0.4, 0.5) is 11.4 Å². The molecule has 0 unspecified atom stereocenters. The van der Waals surface area contributed by atoms with Crippen LogP contribution >= 0.6 is 11.6 Å². The van der Waals surface area contributed by atoms with E-state index in [-0.39, 0.29) is 18.2 Å². The number of carbonyl (C=O) groups is 1. The van der Waals surface area contributed by atoms with Gasteiger partial charge in [-0.1, -0.05) is 35.9 Å². The Balaban J connectivity index is 1.56. The second-order valence-electron chi connectivity index (χ2n) is 7.65. The Morgan fingerprint density at radius 2 is 1.80 bits per heavy atom. The van der Waals surface area contributed by atoms with Crippen LogP contribution in [0.25, 0.3) is 6.08 Å². The van der Waals surface area contributed by atoms with E-state index >= 15 is 0 Å². The van der Waals surface area contributed by atoms with E-state index in [1.807, 2.05) is 31.2 Å². The third kappa shape index (κ3) is 5.33. The van der Waals surface area contributed by atoms with Gasteiger partial charge < -0.3 is 9.47 Å². The molecule has 3 aromatic carbocycles. The van der Waals surface area contributed by atoms with Gasteiger partial charge >= 0.3 is 0 Å². The molecular formula is C26H22ClN3O5. The minimum Gasteiger partial charge on any atom is -0.490 e. The maximum absolute atomic E-state index is 13.0. The Labute approximate surface area is 207 Å². The highest BCUT2D eigenvalue weighted by Crippen LogP contribution is 2.32. The first-order valence-corrected chi connectivity index (χ1v) is 11.2. The maximum atomic E-state index is 13.0. The van der Waals surface area contributed by atoms with Crippen LogP contribution in [-0.4, -0.2) is 23.1 Å². The van der Waals surface area contributed by atoms with Crippen LogP contribution in [0.15, 0.2) is 77.4 Å². The lowest BCUT2D eigenvalue weighted by Crippen LogP contribution is -2.21. The molecule has 0 aliphatic carbocycles. The zero-order chi connectivity index (χ0) is 24.9. The molecule has 35 heavy (non-hydrogen) atoms. The lowest BCUT2D eigenvalue weighted by atomic mass is 10.1. The number of carbonyl (C=O) groups excluding carboxylic acids is 1. The van der Waals surface area contributed by atoms with Crippen LogP contribution in [0.2, 0.25) is 5.02 Å². The normalized spacial score (nSPS) is 14.3. The second-order valence-corrected chi connectivity index (χ2v) is 8.06. The molecule has 1 aliphatic rings. The smallest absolute Gasteiger partial charge is 0.280 e. The molecule has 4 rings (SSSR count). The molecule has 0 radical (unpaired) electrons. The van der Waals surface area contributed by atoms with Gasteiger partial charge in [0.25, 0.3) is 11.6 Å². The summed E-state index contributed by atoms with van der Waals surface area (Å²) in [7, 11) is 0. The Bertz CT molecular complexity index is 1340. The number of nitro benzene ring substituents is 1. The largest absolute Gasteiger partial charge is 0.490 e. The molecule has 0 bridgehead atoms. The van der Waals surface area contributed by atoms with Crippen molar-refractivity contribution in [1.82, 2.24) is 0 Å². The van der Waals surface area contributed by atoms with Crippen LogP contribution in [0, 0.1) is 10.1 Å². The highest BCUT2D eigenvalue weighted by molar-refractivity contribution is 6.32. The molecule has 178 valence electrons. The summed E-state index contributed by atoms with van der Waals surface area (Å²) >= 11 is 6.22. The number of hydrazone groups is 1. The number of hydrogen-bond donors (Lipinski definition) is 0. The van der Waals surface area contributed by atoms with E-state index in [2.05, 4.69) is 5.10 Å². The van der Waals surface area contributed by atoms with Crippen LogP contribution in [0.1, 0.15) is 25.0 Å². The lowest BCUT2D eigenvalue weighted by Gasteiger charge is -2.14. The monoisotopic (exact) mass is 491 g/mol. The summed E-state index contributed by atoms with van der Waals surface area (Å²) in [5.74, 6) is 0.777. The van der Waals surface area contributed by atoms with Gasteiger partial charge in [-0.15, -0.1) is 0 Å². The minimum absolute atomic E-state index is 0.0582. The van der Waals surface area contributed by atoms with Crippen molar-refractivity contribution < 1.29 is 19.2 Å². The molecule has 0 saturated carbocycles. The second kappa shape index (κ2) is 10.4. The van der Waals surface area contributed by atoms with Gasteiger partial charge in [-0.25, -0.2) is 0 Å². The zero-order valence-corrected chi connectivity index (χ0v) is 19.9. The summed E-state index contributed by atoms with van der Waals surface area (Å²) in [6, 6.07) is 18.5. The molecule has 0 spiro atoms. The molecule has 0 fully saturated rings. The van der Waals surface area contributed by atoms with Crippen molar-refractivity contribution in [2.45, 2.75) is 20.5 Å². The Morgan fingerprint density at radius 3 is 2.49 bits per heavy atom. The van der Waals surface area contributed by atoms with Crippen molar-refractivity contribution in [1.29, 1.82) is 0 Å².